The zero-order chi connectivity index (χ0) is 59.6. The van der Waals surface area contributed by atoms with Crippen LogP contribution in [0.5, 0.6) is 5.75 Å². The molecule has 0 unspecified atom stereocenters. The van der Waals surface area contributed by atoms with E-state index < -0.39 is 275 Å². The Hall–Kier alpha value is -6.12. The molecule has 10 rings (SSSR count). The molecule has 0 atom stereocenters. The fraction of sp³-hybridized carbons (Fsp3) is 0.0638. The number of hydrogen-bond acceptors (Lipinski definition) is 2. The van der Waals surface area contributed by atoms with Gasteiger partial charge in [-0.15, -0.1) is 0 Å². The maximum atomic E-state index is 11.1. The predicted octanol–water partition coefficient (Wildman–Crippen LogP) is 12.9. The second-order valence-corrected chi connectivity index (χ2v) is 11.0. The van der Waals surface area contributed by atoms with Gasteiger partial charge in [-0.3, -0.25) is 0 Å². The predicted molar refractivity (Wildman–Crippen MR) is 204 cm³/mol. The number of hydrogen-bond donors (Lipinski definition) is 1. The van der Waals surface area contributed by atoms with E-state index in [1.165, 1.54) is 0 Å². The van der Waals surface area contributed by atoms with E-state index in [1.54, 1.807) is 0 Å². The lowest BCUT2D eigenvalue weighted by atomic mass is 9.80. The molecular weight excluding hydrogens is 597 g/mol. The van der Waals surface area contributed by atoms with Crippen LogP contribution in [0.4, 0.5) is 0 Å². The van der Waals surface area contributed by atoms with Crippen LogP contribution in [0.1, 0.15) is 67.3 Å². The largest absolute Gasteiger partial charge is 0.508 e. The molecule has 0 spiro atoms. The molecule has 1 N–H and O–H groups in total. The lowest BCUT2D eigenvalue weighted by Gasteiger charge is -2.22. The Labute approximate surface area is 328 Å². The van der Waals surface area contributed by atoms with E-state index >= 15 is 0 Å². The van der Waals surface area contributed by atoms with Gasteiger partial charge in [0, 0.05) is 24.4 Å². The molecule has 8 aromatic carbocycles. The van der Waals surface area contributed by atoms with Crippen molar-refractivity contribution in [3.8, 4) is 50.3 Å². The molecule has 49 heavy (non-hydrogen) atoms. The molecule has 2 nitrogen and oxygen atoms in total. The molecule has 0 aliphatic heterocycles. The van der Waals surface area contributed by atoms with E-state index in [1.807, 2.05) is 0 Å². The monoisotopic (exact) mass is 659 g/mol. The van der Waals surface area contributed by atoms with Crippen LogP contribution in [0.2, 0.25) is 0 Å². The maximum absolute atomic E-state index is 11.1. The topological polar surface area (TPSA) is 33.4 Å². The van der Waals surface area contributed by atoms with Crippen molar-refractivity contribution in [3.63, 3.8) is 0 Å². The highest BCUT2D eigenvalue weighted by Gasteiger charge is 2.37. The highest BCUT2D eigenvalue weighted by Crippen LogP contribution is 2.55. The number of phenolic OH excluding ortho intramolecular Hbond substituents is 1. The summed E-state index contributed by atoms with van der Waals surface area (Å²) in [6.45, 7) is -7.92. The fourth-order valence-corrected chi connectivity index (χ4v) is 6.35. The van der Waals surface area contributed by atoms with Crippen molar-refractivity contribution >= 4 is 43.5 Å². The lowest BCUT2D eigenvalue weighted by molar-refractivity contribution is 0.473. The maximum Gasteiger partial charge on any atom is 0.136 e. The third-order valence-electron chi connectivity index (χ3n) is 8.37. The summed E-state index contributed by atoms with van der Waals surface area (Å²) in [6, 6.07) is -27.3. The van der Waals surface area contributed by atoms with Crippen molar-refractivity contribution in [2.45, 2.75) is 19.1 Å². The van der Waals surface area contributed by atoms with E-state index in [4.69, 9.17) is 30.5 Å². The van der Waals surface area contributed by atoms with Gasteiger partial charge in [-0.1, -0.05) is 141 Å². The highest BCUT2D eigenvalue weighted by atomic mass is 16.3. The van der Waals surface area contributed by atoms with Crippen LogP contribution in [0.3, 0.4) is 0 Å². The van der Waals surface area contributed by atoms with Gasteiger partial charge < -0.3 is 9.52 Å². The Morgan fingerprint density at radius 3 is 1.80 bits per heavy atom. The third kappa shape index (κ3) is 3.95. The molecule has 0 bridgehead atoms. The summed E-state index contributed by atoms with van der Waals surface area (Å²) >= 11 is 0. The van der Waals surface area contributed by atoms with E-state index in [9.17, 15) is 21.6 Å². The van der Waals surface area contributed by atoms with Crippen LogP contribution in [0.15, 0.2) is 155 Å². The van der Waals surface area contributed by atoms with Gasteiger partial charge in [-0.2, -0.15) is 0 Å². The summed E-state index contributed by atoms with van der Waals surface area (Å²) in [5.41, 5.74) is -14.8. The normalized spacial score (nSPS) is 22.8. The fourth-order valence-electron chi connectivity index (χ4n) is 6.35. The number of fused-ring (bicyclic) bond motifs is 8. The smallest absolute Gasteiger partial charge is 0.136 e. The van der Waals surface area contributed by atoms with Crippen molar-refractivity contribution in [1.82, 2.24) is 0 Å². The molecule has 1 aromatic heterocycles. The molecule has 2 heteroatoms. The van der Waals surface area contributed by atoms with Gasteiger partial charge in [0.15, 0.2) is 0 Å². The number of rotatable bonds is 3. The summed E-state index contributed by atoms with van der Waals surface area (Å²) in [5.74, 6) is -1.40. The summed E-state index contributed by atoms with van der Waals surface area (Å²) in [7, 11) is 0. The average Bonchev–Trinajstić information content (AvgIpc) is 4.14. The van der Waals surface area contributed by atoms with Crippen molar-refractivity contribution < 1.29 is 52.0 Å². The number of phenols is 1. The van der Waals surface area contributed by atoms with Gasteiger partial charge in [0.1, 0.15) is 16.9 Å². The van der Waals surface area contributed by atoms with Gasteiger partial charge in [0.05, 0.1) is 34.3 Å². The van der Waals surface area contributed by atoms with Gasteiger partial charge in [-0.05, 0) is 101 Å². The molecule has 0 saturated carbocycles. The van der Waals surface area contributed by atoms with E-state index in [0.717, 1.165) is 0 Å². The van der Waals surface area contributed by atoms with Crippen LogP contribution in [0.25, 0.3) is 88.0 Å². The Balaban J connectivity index is 1.50. The standard InChI is InChI=1S/C47H32O2/c1-47(2)39-18-9-17-38(45(39)36-26-25-30(48)27-40(36)47)44-34-13-5-3-11-32(34)43(33-12-4-6-14-35(33)44)29-23-21-28(22-24-29)31-16-10-20-42-46(31)37-15-7-8-19-41(37)49-42/h3-27,48H,1-2H3/i1D3,2D3,3D,4D,5D,6D,7D,8D,9D,10D,11D,12D,13D,14D,15D,16D,17D,18D,19D,20D,21D,22D,23D,24D,25D,26D,27D. The highest BCUT2D eigenvalue weighted by molar-refractivity contribution is 6.23. The van der Waals surface area contributed by atoms with E-state index in [-0.39, 0.29) is 0 Å². The molecular formula is C47H32O2. The van der Waals surface area contributed by atoms with Gasteiger partial charge >= 0.3 is 0 Å². The van der Waals surface area contributed by atoms with Gasteiger partial charge in [0.25, 0.3) is 0 Å². The molecule has 232 valence electrons. The van der Waals surface area contributed by atoms with Gasteiger partial charge in [-0.25, -0.2) is 0 Å². The molecule has 0 fully saturated rings. The Bertz CT molecular complexity index is 4330. The zero-order valence-electron chi connectivity index (χ0n) is 55.4. The van der Waals surface area contributed by atoms with Crippen LogP contribution < -0.4 is 0 Å². The minimum absolute atomic E-state index is 0.483. The average molecular weight is 660 g/mol. The minimum atomic E-state index is -3.96. The number of benzene rings is 8. The number of aromatic hydroxyl groups is 1. The molecule has 0 saturated heterocycles. The van der Waals surface area contributed by atoms with E-state index in [0.29, 0.717) is 0 Å². The van der Waals surface area contributed by atoms with Crippen LogP contribution in [0, 0.1) is 0 Å². The molecule has 0 radical (unpaired) electrons. The van der Waals surface area contributed by atoms with E-state index in [2.05, 4.69) is 0 Å². The summed E-state index contributed by atoms with van der Waals surface area (Å²) in [6.07, 6.45) is 0. The lowest BCUT2D eigenvalue weighted by Crippen LogP contribution is -2.14. The molecule has 1 aliphatic carbocycles. The summed E-state index contributed by atoms with van der Waals surface area (Å²) in [4.78, 5) is 0. The number of furan rings is 1. The quantitative estimate of drug-likeness (QED) is 0.192. The SMILES string of the molecule is [2H]c1c([2H])c(-c2c3c([2H])c([2H])c([2H])c([2H])c3c(-c3c([2H])c([2H])c(-c4c([2H])c([2H])c([2H])c5oc6c([2H])c([2H])c([2H])c([2H])c6c45)c([2H])c3[2H])c3c([2H])c([2H])c([2H])c([2H])c23)c2c(c1[2H])C(C([2H])([2H])[2H])(C([2H])([2H])[2H])c1c([2H])c(O)c([2H])c([2H])c1-2. The Morgan fingerprint density at radius 2 is 1.08 bits per heavy atom. The van der Waals surface area contributed by atoms with Crippen molar-refractivity contribution in [1.29, 1.82) is 0 Å². The Morgan fingerprint density at radius 1 is 0.490 bits per heavy atom. The first kappa shape index (κ1) is 10.9. The minimum Gasteiger partial charge on any atom is -0.508 e. The molecule has 9 aromatic rings. The second kappa shape index (κ2) is 10.2. The first-order valence-electron chi connectivity index (χ1n) is 29.9. The molecule has 0 amide bonds. The second-order valence-electron chi connectivity index (χ2n) is 11.0. The first-order valence-corrected chi connectivity index (χ1v) is 14.4. The van der Waals surface area contributed by atoms with Crippen molar-refractivity contribution in [2.24, 2.45) is 0 Å². The first-order chi connectivity index (χ1) is 36.9. The Kier molecular flexibility index (Phi) is 2.28. The summed E-state index contributed by atoms with van der Waals surface area (Å²) < 4.78 is 287. The van der Waals surface area contributed by atoms with Gasteiger partial charge in [0.2, 0.25) is 0 Å². The molecule has 1 heterocycles. The zero-order valence-corrected chi connectivity index (χ0v) is 24.4. The molecule has 1 aliphatic rings. The third-order valence-corrected chi connectivity index (χ3v) is 8.37. The van der Waals surface area contributed by atoms with Crippen molar-refractivity contribution in [2.75, 3.05) is 0 Å². The number of para-hydroxylation sites is 1. The summed E-state index contributed by atoms with van der Waals surface area (Å²) in [5, 5.41) is 6.36. The van der Waals surface area contributed by atoms with Crippen molar-refractivity contribution in [3.05, 3.63) is 162 Å². The van der Waals surface area contributed by atoms with Crippen LogP contribution >= 0.6 is 0 Å². The van der Waals surface area contributed by atoms with Crippen LogP contribution in [-0.2, 0) is 5.41 Å². The van der Waals surface area contributed by atoms with Crippen LogP contribution in [-0.4, -0.2) is 5.11 Å².